The number of hydrogen-bond donors (Lipinski definition) is 1. The fraction of sp³-hybridized carbons (Fsp3) is 0.176. The summed E-state index contributed by atoms with van der Waals surface area (Å²) in [6, 6.07) is 18.0. The summed E-state index contributed by atoms with van der Waals surface area (Å²) in [5.41, 5.74) is 1.23. The van der Waals surface area contributed by atoms with Gasteiger partial charge in [0.2, 0.25) is 0 Å². The second-order valence-corrected chi connectivity index (χ2v) is 4.86. The lowest BCUT2D eigenvalue weighted by molar-refractivity contribution is -0.140. The molecule has 2 rings (SSSR count). The molecule has 0 saturated carbocycles. The number of rotatable bonds is 5. The predicted octanol–water partition coefficient (Wildman–Crippen LogP) is 3.05. The van der Waals surface area contributed by atoms with Gasteiger partial charge in [0.1, 0.15) is 0 Å². The van der Waals surface area contributed by atoms with Gasteiger partial charge in [-0.1, -0.05) is 43.3 Å². The van der Waals surface area contributed by atoms with Crippen molar-refractivity contribution in [3.63, 3.8) is 0 Å². The van der Waals surface area contributed by atoms with Crippen LogP contribution in [0.5, 0.6) is 0 Å². The quantitative estimate of drug-likeness (QED) is 0.917. The smallest absolute Gasteiger partial charge is 0.308 e. The van der Waals surface area contributed by atoms with E-state index in [-0.39, 0.29) is 12.5 Å². The molecule has 1 amide bonds. The van der Waals surface area contributed by atoms with Crippen LogP contribution in [0.15, 0.2) is 60.7 Å². The summed E-state index contributed by atoms with van der Waals surface area (Å²) in [6.07, 6.45) is 0. The molecule has 108 valence electrons. The zero-order chi connectivity index (χ0) is 15.2. The summed E-state index contributed by atoms with van der Waals surface area (Å²) in [7, 11) is 0. The standard InChI is InChI=1S/C17H17NO3/c1-13(17(20)21)12-18(15-10-6-3-7-11-15)16(19)14-8-4-2-5-9-14/h2-11,13H,12H2,1H3,(H,20,21). The van der Waals surface area contributed by atoms with Crippen molar-refractivity contribution in [2.24, 2.45) is 5.92 Å². The molecule has 1 N–H and O–H groups in total. The Morgan fingerprint density at radius 3 is 2.05 bits per heavy atom. The molecule has 21 heavy (non-hydrogen) atoms. The van der Waals surface area contributed by atoms with Crippen molar-refractivity contribution >= 4 is 17.6 Å². The van der Waals surface area contributed by atoms with Gasteiger partial charge in [0.15, 0.2) is 0 Å². The molecule has 0 aromatic heterocycles. The first-order valence-corrected chi connectivity index (χ1v) is 6.74. The lowest BCUT2D eigenvalue weighted by Crippen LogP contribution is -2.37. The highest BCUT2D eigenvalue weighted by Gasteiger charge is 2.22. The number of aliphatic carboxylic acids is 1. The van der Waals surface area contributed by atoms with E-state index in [4.69, 9.17) is 5.11 Å². The van der Waals surface area contributed by atoms with Gasteiger partial charge < -0.3 is 10.0 Å². The van der Waals surface area contributed by atoms with Gasteiger partial charge >= 0.3 is 5.97 Å². The van der Waals surface area contributed by atoms with Crippen LogP contribution < -0.4 is 4.90 Å². The second kappa shape index (κ2) is 6.70. The summed E-state index contributed by atoms with van der Waals surface area (Å²) in [6.45, 7) is 1.73. The Kier molecular flexibility index (Phi) is 4.72. The highest BCUT2D eigenvalue weighted by atomic mass is 16.4. The lowest BCUT2D eigenvalue weighted by Gasteiger charge is -2.24. The van der Waals surface area contributed by atoms with E-state index < -0.39 is 11.9 Å². The van der Waals surface area contributed by atoms with Gasteiger partial charge in [-0.2, -0.15) is 0 Å². The first-order chi connectivity index (χ1) is 10.1. The monoisotopic (exact) mass is 283 g/mol. The number of carbonyl (C=O) groups excluding carboxylic acids is 1. The zero-order valence-electron chi connectivity index (χ0n) is 11.8. The third-order valence-electron chi connectivity index (χ3n) is 3.21. The number of anilines is 1. The van der Waals surface area contributed by atoms with Gasteiger partial charge in [-0.25, -0.2) is 0 Å². The largest absolute Gasteiger partial charge is 0.481 e. The van der Waals surface area contributed by atoms with Gasteiger partial charge in [-0.3, -0.25) is 9.59 Å². The van der Waals surface area contributed by atoms with Crippen LogP contribution in [-0.4, -0.2) is 23.5 Å². The molecule has 0 bridgehead atoms. The Balaban J connectivity index is 2.32. The number of para-hydroxylation sites is 1. The second-order valence-electron chi connectivity index (χ2n) is 4.86. The van der Waals surface area contributed by atoms with E-state index in [0.29, 0.717) is 11.3 Å². The van der Waals surface area contributed by atoms with E-state index in [1.165, 1.54) is 4.90 Å². The molecule has 0 heterocycles. The van der Waals surface area contributed by atoms with Crippen molar-refractivity contribution in [1.29, 1.82) is 0 Å². The lowest BCUT2D eigenvalue weighted by atomic mass is 10.1. The van der Waals surface area contributed by atoms with Crippen molar-refractivity contribution in [2.75, 3.05) is 11.4 Å². The Morgan fingerprint density at radius 2 is 1.52 bits per heavy atom. The third-order valence-corrected chi connectivity index (χ3v) is 3.21. The number of nitrogens with zero attached hydrogens (tertiary/aromatic N) is 1. The fourth-order valence-corrected chi connectivity index (χ4v) is 2.00. The average Bonchev–Trinajstić information content (AvgIpc) is 2.53. The fourth-order valence-electron chi connectivity index (χ4n) is 2.00. The van der Waals surface area contributed by atoms with Gasteiger partial charge in [0.05, 0.1) is 5.92 Å². The van der Waals surface area contributed by atoms with E-state index in [1.807, 2.05) is 24.3 Å². The molecule has 0 radical (unpaired) electrons. The van der Waals surface area contributed by atoms with Crippen molar-refractivity contribution in [2.45, 2.75) is 6.92 Å². The number of hydrogen-bond acceptors (Lipinski definition) is 2. The Bertz CT molecular complexity index is 610. The van der Waals surface area contributed by atoms with Gasteiger partial charge in [-0.05, 0) is 24.3 Å². The molecule has 1 atom stereocenters. The van der Waals surface area contributed by atoms with Gasteiger partial charge in [0.25, 0.3) is 5.91 Å². The van der Waals surface area contributed by atoms with E-state index >= 15 is 0 Å². The summed E-state index contributed by atoms with van der Waals surface area (Å²) in [5.74, 6) is -1.76. The topological polar surface area (TPSA) is 57.6 Å². The molecule has 0 spiro atoms. The predicted molar refractivity (Wildman–Crippen MR) is 81.4 cm³/mol. The molecule has 1 unspecified atom stereocenters. The maximum Gasteiger partial charge on any atom is 0.308 e. The number of amides is 1. The van der Waals surface area contributed by atoms with Crippen molar-refractivity contribution in [1.82, 2.24) is 0 Å². The molecule has 2 aromatic carbocycles. The molecule has 2 aromatic rings. The molecule has 0 aliphatic carbocycles. The third kappa shape index (κ3) is 3.69. The summed E-state index contributed by atoms with van der Waals surface area (Å²) >= 11 is 0. The molecular formula is C17H17NO3. The van der Waals surface area contributed by atoms with Crippen molar-refractivity contribution in [3.05, 3.63) is 66.2 Å². The minimum atomic E-state index is -0.920. The molecule has 4 heteroatoms. The first kappa shape index (κ1) is 14.8. The summed E-state index contributed by atoms with van der Waals surface area (Å²) in [4.78, 5) is 25.2. The van der Waals surface area contributed by atoms with Crippen LogP contribution in [0.1, 0.15) is 17.3 Å². The van der Waals surface area contributed by atoms with Crippen LogP contribution in [-0.2, 0) is 4.79 Å². The van der Waals surface area contributed by atoms with E-state index in [0.717, 1.165) is 0 Å². The van der Waals surface area contributed by atoms with Crippen LogP contribution in [0, 0.1) is 5.92 Å². The molecule has 0 fully saturated rings. The maximum absolute atomic E-state index is 12.6. The molecule has 0 saturated heterocycles. The number of carboxylic acids is 1. The number of carboxylic acid groups (broad SMARTS) is 1. The highest BCUT2D eigenvalue weighted by Crippen LogP contribution is 2.18. The first-order valence-electron chi connectivity index (χ1n) is 6.74. The minimum Gasteiger partial charge on any atom is -0.481 e. The molecule has 0 aliphatic rings. The summed E-state index contributed by atoms with van der Waals surface area (Å²) in [5, 5.41) is 9.09. The summed E-state index contributed by atoms with van der Waals surface area (Å²) < 4.78 is 0. The number of carbonyl (C=O) groups is 2. The normalized spacial score (nSPS) is 11.7. The van der Waals surface area contributed by atoms with Crippen LogP contribution in [0.4, 0.5) is 5.69 Å². The van der Waals surface area contributed by atoms with Crippen LogP contribution in [0.3, 0.4) is 0 Å². The van der Waals surface area contributed by atoms with Crippen LogP contribution >= 0.6 is 0 Å². The van der Waals surface area contributed by atoms with E-state index in [1.54, 1.807) is 43.3 Å². The van der Waals surface area contributed by atoms with Crippen molar-refractivity contribution < 1.29 is 14.7 Å². The van der Waals surface area contributed by atoms with Crippen LogP contribution in [0.2, 0.25) is 0 Å². The number of benzene rings is 2. The Hall–Kier alpha value is -2.62. The molecule has 0 aliphatic heterocycles. The molecule has 4 nitrogen and oxygen atoms in total. The van der Waals surface area contributed by atoms with E-state index in [2.05, 4.69) is 0 Å². The van der Waals surface area contributed by atoms with Gasteiger partial charge in [0, 0.05) is 17.8 Å². The Labute approximate surface area is 123 Å². The minimum absolute atomic E-state index is 0.132. The van der Waals surface area contributed by atoms with E-state index in [9.17, 15) is 9.59 Å². The highest BCUT2D eigenvalue weighted by molar-refractivity contribution is 6.06. The van der Waals surface area contributed by atoms with Crippen molar-refractivity contribution in [3.8, 4) is 0 Å². The van der Waals surface area contributed by atoms with Gasteiger partial charge in [-0.15, -0.1) is 0 Å². The molecular weight excluding hydrogens is 266 g/mol. The SMILES string of the molecule is CC(CN(C(=O)c1ccccc1)c1ccccc1)C(=O)O. The maximum atomic E-state index is 12.6. The Morgan fingerprint density at radius 1 is 1.00 bits per heavy atom. The van der Waals surface area contributed by atoms with Crippen LogP contribution in [0.25, 0.3) is 0 Å². The zero-order valence-corrected chi connectivity index (χ0v) is 11.8. The average molecular weight is 283 g/mol.